The molecule has 5 heteroatoms. The zero-order chi connectivity index (χ0) is 13.3. The maximum atomic E-state index is 11.0. The van der Waals surface area contributed by atoms with Crippen molar-refractivity contribution in [2.45, 2.75) is 26.4 Å². The number of hydrogen-bond donors (Lipinski definition) is 2. The summed E-state index contributed by atoms with van der Waals surface area (Å²) in [5.41, 5.74) is 0.961. The lowest BCUT2D eigenvalue weighted by atomic mass is 10.0. The lowest BCUT2D eigenvalue weighted by Gasteiger charge is -2.19. The Hall–Kier alpha value is -1.62. The average Bonchev–Trinajstić information content (AvgIpc) is 2.77. The summed E-state index contributed by atoms with van der Waals surface area (Å²) >= 11 is 0. The van der Waals surface area contributed by atoms with Gasteiger partial charge in [-0.1, -0.05) is 0 Å². The molecule has 0 aliphatic carbocycles. The molecule has 2 heterocycles. The minimum atomic E-state index is -0.937. The van der Waals surface area contributed by atoms with E-state index in [1.54, 1.807) is 26.0 Å². The molecule has 2 N–H and O–H groups in total. The molecule has 2 atom stereocenters. The van der Waals surface area contributed by atoms with Crippen LogP contribution in [0.2, 0.25) is 0 Å². The molecule has 0 saturated carbocycles. The summed E-state index contributed by atoms with van der Waals surface area (Å²) in [5, 5.41) is 18.6. The van der Waals surface area contributed by atoms with E-state index in [2.05, 4.69) is 4.98 Å². The Labute approximate surface area is 106 Å². The van der Waals surface area contributed by atoms with E-state index in [1.807, 2.05) is 4.90 Å². The molecule has 1 aromatic heterocycles. The number of aryl methyl sites for hydroxylation is 1. The number of carboxylic acids is 1. The minimum absolute atomic E-state index is 0.237. The Morgan fingerprint density at radius 3 is 2.83 bits per heavy atom. The van der Waals surface area contributed by atoms with Gasteiger partial charge >= 0.3 is 5.97 Å². The first-order valence-electron chi connectivity index (χ1n) is 6.12. The van der Waals surface area contributed by atoms with Crippen LogP contribution < -0.4 is 4.90 Å². The molecule has 98 valence electrons. The van der Waals surface area contributed by atoms with Gasteiger partial charge in [0.1, 0.15) is 5.82 Å². The highest BCUT2D eigenvalue weighted by Crippen LogP contribution is 2.25. The SMILES string of the molecule is Cc1cc(C(=O)O)cc(N2CCC(C(C)O)C2)n1. The second-order valence-electron chi connectivity index (χ2n) is 4.90. The lowest BCUT2D eigenvalue weighted by molar-refractivity contribution is 0.0696. The summed E-state index contributed by atoms with van der Waals surface area (Å²) in [4.78, 5) is 17.4. The van der Waals surface area contributed by atoms with Crippen molar-refractivity contribution in [2.24, 2.45) is 5.92 Å². The number of aromatic nitrogens is 1. The number of aliphatic hydroxyl groups excluding tert-OH is 1. The predicted molar refractivity (Wildman–Crippen MR) is 67.9 cm³/mol. The number of pyridine rings is 1. The molecule has 0 amide bonds. The van der Waals surface area contributed by atoms with Crippen molar-refractivity contribution in [3.05, 3.63) is 23.4 Å². The van der Waals surface area contributed by atoms with Crippen LogP contribution in [0.25, 0.3) is 0 Å². The third kappa shape index (κ3) is 2.61. The Balaban J connectivity index is 2.21. The van der Waals surface area contributed by atoms with Crippen LogP contribution in [0.1, 0.15) is 29.4 Å². The van der Waals surface area contributed by atoms with Gasteiger partial charge in [0.2, 0.25) is 0 Å². The van der Waals surface area contributed by atoms with E-state index in [1.165, 1.54) is 0 Å². The van der Waals surface area contributed by atoms with E-state index >= 15 is 0 Å². The van der Waals surface area contributed by atoms with E-state index in [-0.39, 0.29) is 17.6 Å². The van der Waals surface area contributed by atoms with Crippen LogP contribution in [-0.4, -0.2) is 40.4 Å². The van der Waals surface area contributed by atoms with Crippen LogP contribution in [0, 0.1) is 12.8 Å². The van der Waals surface area contributed by atoms with Crippen LogP contribution in [0.4, 0.5) is 5.82 Å². The molecule has 1 aromatic rings. The zero-order valence-electron chi connectivity index (χ0n) is 10.6. The predicted octanol–water partition coefficient (Wildman–Crippen LogP) is 1.30. The first-order chi connectivity index (χ1) is 8.47. The molecule has 1 saturated heterocycles. The largest absolute Gasteiger partial charge is 0.478 e. The number of anilines is 1. The number of aliphatic hydroxyl groups is 1. The van der Waals surface area contributed by atoms with Gasteiger partial charge in [0.25, 0.3) is 0 Å². The second-order valence-corrected chi connectivity index (χ2v) is 4.90. The molecule has 1 fully saturated rings. The van der Waals surface area contributed by atoms with Crippen molar-refractivity contribution in [3.63, 3.8) is 0 Å². The summed E-state index contributed by atoms with van der Waals surface area (Å²) in [6.07, 6.45) is 0.578. The maximum Gasteiger partial charge on any atom is 0.335 e. The molecular weight excluding hydrogens is 232 g/mol. The molecule has 1 aliphatic rings. The van der Waals surface area contributed by atoms with Crippen molar-refractivity contribution in [2.75, 3.05) is 18.0 Å². The maximum absolute atomic E-state index is 11.0. The Morgan fingerprint density at radius 1 is 1.56 bits per heavy atom. The van der Waals surface area contributed by atoms with Gasteiger partial charge < -0.3 is 15.1 Å². The van der Waals surface area contributed by atoms with Crippen molar-refractivity contribution in [1.29, 1.82) is 0 Å². The molecular formula is C13H18N2O3. The van der Waals surface area contributed by atoms with Gasteiger partial charge in [-0.2, -0.15) is 0 Å². The van der Waals surface area contributed by atoms with Crippen LogP contribution >= 0.6 is 0 Å². The fraction of sp³-hybridized carbons (Fsp3) is 0.538. The van der Waals surface area contributed by atoms with Crippen molar-refractivity contribution >= 4 is 11.8 Å². The smallest absolute Gasteiger partial charge is 0.335 e. The number of nitrogens with zero attached hydrogens (tertiary/aromatic N) is 2. The number of rotatable bonds is 3. The second kappa shape index (κ2) is 4.94. The molecule has 0 bridgehead atoms. The summed E-state index contributed by atoms with van der Waals surface area (Å²) in [5.74, 6) is -0.0100. The Kier molecular flexibility index (Phi) is 3.52. The van der Waals surface area contributed by atoms with E-state index in [0.29, 0.717) is 11.5 Å². The van der Waals surface area contributed by atoms with E-state index < -0.39 is 5.97 Å². The van der Waals surface area contributed by atoms with Gasteiger partial charge in [-0.15, -0.1) is 0 Å². The van der Waals surface area contributed by atoms with Crippen LogP contribution in [0.15, 0.2) is 12.1 Å². The summed E-state index contributed by atoms with van der Waals surface area (Å²) in [6, 6.07) is 3.16. The standard InChI is InChI=1S/C13H18N2O3/c1-8-5-11(13(17)18)6-12(14-8)15-4-3-10(7-15)9(2)16/h5-6,9-10,16H,3-4,7H2,1-2H3,(H,17,18). The highest BCUT2D eigenvalue weighted by molar-refractivity contribution is 5.88. The quantitative estimate of drug-likeness (QED) is 0.845. The third-order valence-electron chi connectivity index (χ3n) is 3.42. The van der Waals surface area contributed by atoms with Crippen LogP contribution in [-0.2, 0) is 0 Å². The van der Waals surface area contributed by atoms with Gasteiger partial charge in [-0.3, -0.25) is 0 Å². The topological polar surface area (TPSA) is 73.7 Å². The summed E-state index contributed by atoms with van der Waals surface area (Å²) in [6.45, 7) is 5.12. The highest BCUT2D eigenvalue weighted by atomic mass is 16.4. The van der Waals surface area contributed by atoms with Crippen molar-refractivity contribution < 1.29 is 15.0 Å². The van der Waals surface area contributed by atoms with E-state index in [0.717, 1.165) is 19.5 Å². The van der Waals surface area contributed by atoms with Gasteiger partial charge in [0, 0.05) is 24.7 Å². The molecule has 18 heavy (non-hydrogen) atoms. The monoisotopic (exact) mass is 250 g/mol. The first-order valence-corrected chi connectivity index (χ1v) is 6.12. The minimum Gasteiger partial charge on any atom is -0.478 e. The molecule has 2 rings (SSSR count). The summed E-state index contributed by atoms with van der Waals surface area (Å²) < 4.78 is 0. The Morgan fingerprint density at radius 2 is 2.28 bits per heavy atom. The average molecular weight is 250 g/mol. The van der Waals surface area contributed by atoms with Gasteiger partial charge in [0.05, 0.1) is 11.7 Å². The van der Waals surface area contributed by atoms with Gasteiger partial charge in [0.15, 0.2) is 0 Å². The van der Waals surface area contributed by atoms with Gasteiger partial charge in [-0.05, 0) is 32.4 Å². The number of hydrogen-bond acceptors (Lipinski definition) is 4. The molecule has 2 unspecified atom stereocenters. The first kappa shape index (κ1) is 12.8. The number of carbonyl (C=O) groups is 1. The molecule has 5 nitrogen and oxygen atoms in total. The number of aromatic carboxylic acids is 1. The molecule has 0 radical (unpaired) electrons. The molecule has 0 spiro atoms. The zero-order valence-corrected chi connectivity index (χ0v) is 10.6. The van der Waals surface area contributed by atoms with Crippen LogP contribution in [0.3, 0.4) is 0 Å². The highest BCUT2D eigenvalue weighted by Gasteiger charge is 2.27. The normalized spacial score (nSPS) is 21.1. The van der Waals surface area contributed by atoms with E-state index in [4.69, 9.17) is 5.11 Å². The third-order valence-corrected chi connectivity index (χ3v) is 3.42. The van der Waals surface area contributed by atoms with E-state index in [9.17, 15) is 9.90 Å². The lowest BCUT2D eigenvalue weighted by Crippen LogP contribution is -2.25. The van der Waals surface area contributed by atoms with Crippen molar-refractivity contribution in [1.82, 2.24) is 4.98 Å². The van der Waals surface area contributed by atoms with Crippen molar-refractivity contribution in [3.8, 4) is 0 Å². The summed E-state index contributed by atoms with van der Waals surface area (Å²) in [7, 11) is 0. The fourth-order valence-corrected chi connectivity index (χ4v) is 2.33. The fourth-order valence-electron chi connectivity index (χ4n) is 2.33. The Bertz CT molecular complexity index is 460. The molecule has 0 aromatic carbocycles. The van der Waals surface area contributed by atoms with Crippen LogP contribution in [0.5, 0.6) is 0 Å². The number of carboxylic acid groups (broad SMARTS) is 1. The van der Waals surface area contributed by atoms with Gasteiger partial charge in [-0.25, -0.2) is 9.78 Å². The molecule has 1 aliphatic heterocycles.